The fourth-order valence-electron chi connectivity index (χ4n) is 2.27. The van der Waals surface area contributed by atoms with Crippen LogP contribution in [0.15, 0.2) is 48.5 Å². The summed E-state index contributed by atoms with van der Waals surface area (Å²) in [6.45, 7) is 7.71. The Bertz CT molecular complexity index is 596. The summed E-state index contributed by atoms with van der Waals surface area (Å²) in [4.78, 5) is 0. The lowest BCUT2D eigenvalue weighted by molar-refractivity contribution is 0.240. The molecule has 124 valence electrons. The zero-order valence-corrected chi connectivity index (χ0v) is 14.3. The van der Waals surface area contributed by atoms with Gasteiger partial charge in [0.25, 0.3) is 0 Å². The van der Waals surface area contributed by atoms with E-state index in [2.05, 4.69) is 18.3 Å². The van der Waals surface area contributed by atoms with E-state index >= 15 is 0 Å². The molecule has 0 aliphatic rings. The minimum Gasteiger partial charge on any atom is -0.491 e. The van der Waals surface area contributed by atoms with Crippen LogP contribution >= 0.6 is 0 Å². The number of hydrogen-bond donors (Lipinski definition) is 1. The zero-order valence-electron chi connectivity index (χ0n) is 14.3. The number of nitrogens with one attached hydrogen (secondary N) is 1. The lowest BCUT2D eigenvalue weighted by Gasteiger charge is -2.16. The first-order chi connectivity index (χ1) is 11.2. The van der Waals surface area contributed by atoms with Crippen molar-refractivity contribution >= 4 is 5.69 Å². The van der Waals surface area contributed by atoms with E-state index in [1.165, 1.54) is 0 Å². The topological polar surface area (TPSA) is 30.5 Å². The van der Waals surface area contributed by atoms with Crippen molar-refractivity contribution in [2.75, 3.05) is 11.9 Å². The summed E-state index contributed by atoms with van der Waals surface area (Å²) < 4.78 is 11.7. The Morgan fingerprint density at radius 2 is 1.65 bits per heavy atom. The second kappa shape index (κ2) is 9.09. The predicted molar refractivity (Wildman–Crippen MR) is 96.4 cm³/mol. The van der Waals surface area contributed by atoms with Crippen LogP contribution in [0.2, 0.25) is 0 Å². The van der Waals surface area contributed by atoms with E-state index in [-0.39, 0.29) is 6.10 Å². The van der Waals surface area contributed by atoms with Gasteiger partial charge in [-0.25, -0.2) is 0 Å². The zero-order chi connectivity index (χ0) is 16.5. The fraction of sp³-hybridized carbons (Fsp3) is 0.400. The van der Waals surface area contributed by atoms with Crippen molar-refractivity contribution in [1.29, 1.82) is 0 Å². The minimum absolute atomic E-state index is 0.167. The summed E-state index contributed by atoms with van der Waals surface area (Å²) >= 11 is 0. The van der Waals surface area contributed by atoms with Crippen LogP contribution in [0, 0.1) is 0 Å². The van der Waals surface area contributed by atoms with E-state index < -0.39 is 0 Å². The van der Waals surface area contributed by atoms with Gasteiger partial charge in [0.1, 0.15) is 11.5 Å². The van der Waals surface area contributed by atoms with E-state index in [1.54, 1.807) is 0 Å². The average molecular weight is 313 g/mol. The Labute approximate surface area is 139 Å². The lowest BCUT2D eigenvalue weighted by Crippen LogP contribution is -2.09. The molecule has 0 unspecified atom stereocenters. The molecule has 0 atom stereocenters. The monoisotopic (exact) mass is 313 g/mol. The van der Waals surface area contributed by atoms with E-state index in [0.29, 0.717) is 6.54 Å². The maximum absolute atomic E-state index is 5.87. The molecule has 0 saturated carbocycles. The van der Waals surface area contributed by atoms with Gasteiger partial charge >= 0.3 is 0 Å². The van der Waals surface area contributed by atoms with Gasteiger partial charge in [-0.05, 0) is 38.5 Å². The molecule has 23 heavy (non-hydrogen) atoms. The number of hydrogen-bond acceptors (Lipinski definition) is 3. The van der Waals surface area contributed by atoms with Crippen LogP contribution in [0.4, 0.5) is 5.69 Å². The Morgan fingerprint density at radius 3 is 2.39 bits per heavy atom. The first kappa shape index (κ1) is 17.2. The van der Waals surface area contributed by atoms with Gasteiger partial charge in [0.2, 0.25) is 0 Å². The Kier molecular flexibility index (Phi) is 6.79. The van der Waals surface area contributed by atoms with Crippen LogP contribution < -0.4 is 14.8 Å². The highest BCUT2D eigenvalue weighted by atomic mass is 16.5. The third-order valence-electron chi connectivity index (χ3n) is 3.45. The van der Waals surface area contributed by atoms with Crippen LogP contribution in [-0.2, 0) is 6.54 Å². The first-order valence-electron chi connectivity index (χ1n) is 8.41. The molecule has 0 aliphatic heterocycles. The number of rotatable bonds is 9. The second-order valence-electron chi connectivity index (χ2n) is 5.83. The van der Waals surface area contributed by atoms with Gasteiger partial charge in [0.05, 0.1) is 18.4 Å². The van der Waals surface area contributed by atoms with Crippen molar-refractivity contribution in [1.82, 2.24) is 0 Å². The van der Waals surface area contributed by atoms with Gasteiger partial charge in [0.15, 0.2) is 0 Å². The van der Waals surface area contributed by atoms with E-state index in [9.17, 15) is 0 Å². The third kappa shape index (κ3) is 5.51. The SMILES string of the molecule is CCCCOc1ccccc1NCc1ccccc1OC(C)C. The normalized spacial score (nSPS) is 10.6. The van der Waals surface area contributed by atoms with E-state index in [0.717, 1.165) is 42.2 Å². The molecular weight excluding hydrogens is 286 g/mol. The van der Waals surface area contributed by atoms with Gasteiger partial charge in [-0.2, -0.15) is 0 Å². The maximum Gasteiger partial charge on any atom is 0.142 e. The van der Waals surface area contributed by atoms with E-state index in [4.69, 9.17) is 9.47 Å². The third-order valence-corrected chi connectivity index (χ3v) is 3.45. The van der Waals surface area contributed by atoms with Crippen LogP contribution in [0.3, 0.4) is 0 Å². The van der Waals surface area contributed by atoms with Gasteiger partial charge in [-0.3, -0.25) is 0 Å². The Hall–Kier alpha value is -2.16. The van der Waals surface area contributed by atoms with Crippen molar-refractivity contribution in [2.45, 2.75) is 46.3 Å². The smallest absolute Gasteiger partial charge is 0.142 e. The molecule has 2 rings (SSSR count). The van der Waals surface area contributed by atoms with Crippen LogP contribution in [-0.4, -0.2) is 12.7 Å². The summed E-state index contributed by atoms with van der Waals surface area (Å²) in [7, 11) is 0. The number of para-hydroxylation sites is 3. The molecular formula is C20H27NO2. The van der Waals surface area contributed by atoms with Gasteiger partial charge < -0.3 is 14.8 Å². The number of ether oxygens (including phenoxy) is 2. The predicted octanol–water partition coefficient (Wildman–Crippen LogP) is 5.26. The standard InChI is InChI=1S/C20H27NO2/c1-4-5-14-22-20-13-9-7-11-18(20)21-15-17-10-6-8-12-19(17)23-16(2)3/h6-13,16,21H,4-5,14-15H2,1-3H3. The summed E-state index contributed by atoms with van der Waals surface area (Å²) in [6.07, 6.45) is 2.37. The Balaban J connectivity index is 2.03. The molecule has 3 heteroatoms. The Morgan fingerprint density at radius 1 is 0.957 bits per heavy atom. The molecule has 0 amide bonds. The second-order valence-corrected chi connectivity index (χ2v) is 5.83. The first-order valence-corrected chi connectivity index (χ1v) is 8.41. The molecule has 0 spiro atoms. The van der Waals surface area contributed by atoms with Crippen LogP contribution in [0.25, 0.3) is 0 Å². The molecule has 0 fully saturated rings. The van der Waals surface area contributed by atoms with Crippen molar-refractivity contribution in [2.24, 2.45) is 0 Å². The summed E-state index contributed by atoms with van der Waals surface area (Å²) in [5.41, 5.74) is 2.16. The van der Waals surface area contributed by atoms with Gasteiger partial charge in [-0.1, -0.05) is 43.7 Å². The summed E-state index contributed by atoms with van der Waals surface area (Å²) in [6, 6.07) is 16.2. The molecule has 0 aliphatic carbocycles. The molecule has 0 saturated heterocycles. The molecule has 0 aromatic heterocycles. The molecule has 0 radical (unpaired) electrons. The maximum atomic E-state index is 5.87. The fourth-order valence-corrected chi connectivity index (χ4v) is 2.27. The van der Waals surface area contributed by atoms with E-state index in [1.807, 2.05) is 56.3 Å². The molecule has 3 nitrogen and oxygen atoms in total. The number of unbranched alkanes of at least 4 members (excludes halogenated alkanes) is 1. The van der Waals surface area contributed by atoms with Crippen LogP contribution in [0.5, 0.6) is 11.5 Å². The van der Waals surface area contributed by atoms with Crippen molar-refractivity contribution in [3.8, 4) is 11.5 Å². The number of benzene rings is 2. The molecule has 2 aromatic rings. The largest absolute Gasteiger partial charge is 0.491 e. The van der Waals surface area contributed by atoms with Crippen molar-refractivity contribution in [3.63, 3.8) is 0 Å². The summed E-state index contributed by atoms with van der Waals surface area (Å²) in [5.74, 6) is 1.84. The molecule has 0 bridgehead atoms. The molecule has 0 heterocycles. The molecule has 2 aromatic carbocycles. The highest BCUT2D eigenvalue weighted by Gasteiger charge is 2.07. The quantitative estimate of drug-likeness (QED) is 0.640. The highest BCUT2D eigenvalue weighted by molar-refractivity contribution is 5.56. The lowest BCUT2D eigenvalue weighted by atomic mass is 10.2. The number of anilines is 1. The molecule has 1 N–H and O–H groups in total. The van der Waals surface area contributed by atoms with Crippen molar-refractivity contribution in [3.05, 3.63) is 54.1 Å². The van der Waals surface area contributed by atoms with Gasteiger partial charge in [-0.15, -0.1) is 0 Å². The highest BCUT2D eigenvalue weighted by Crippen LogP contribution is 2.26. The summed E-state index contributed by atoms with van der Waals surface area (Å²) in [5, 5.41) is 3.47. The van der Waals surface area contributed by atoms with Gasteiger partial charge in [0, 0.05) is 12.1 Å². The van der Waals surface area contributed by atoms with Crippen LogP contribution in [0.1, 0.15) is 39.2 Å². The minimum atomic E-state index is 0.167. The van der Waals surface area contributed by atoms with Crippen molar-refractivity contribution < 1.29 is 9.47 Å². The average Bonchev–Trinajstić information content (AvgIpc) is 2.55.